The monoisotopic (exact) mass is 418 g/mol. The van der Waals surface area contributed by atoms with Crippen molar-refractivity contribution in [1.29, 1.82) is 0 Å². The average Bonchev–Trinajstić information content (AvgIpc) is 2.73. The highest BCUT2D eigenvalue weighted by Gasteiger charge is 2.63. The van der Waals surface area contributed by atoms with Gasteiger partial charge in [0.2, 0.25) is 5.79 Å². The lowest BCUT2D eigenvalue weighted by Crippen LogP contribution is -2.61. The van der Waals surface area contributed by atoms with Crippen LogP contribution in [0.5, 0.6) is 0 Å². The first-order chi connectivity index (χ1) is 14.2. The Morgan fingerprint density at radius 1 is 0.967 bits per heavy atom. The van der Waals surface area contributed by atoms with Crippen molar-refractivity contribution >= 4 is 5.97 Å². The standard InChI is InChI=1S/C22H17F3O5/c1-20-11-16-19(26)27-17(13-7-9-15(10-8-13)22(23,24)25)12-21(16,30-29-20)28-18(20)14-5-3-2-4-6-14/h2-11,17-18H,12H2,1H3/t17?,18?,20-,21+/m1/s1. The second-order valence-corrected chi connectivity index (χ2v) is 7.79. The molecule has 0 aromatic heterocycles. The number of alkyl halides is 3. The highest BCUT2D eigenvalue weighted by Crippen LogP contribution is 2.55. The molecule has 2 bridgehead atoms. The third kappa shape index (κ3) is 2.94. The Kier molecular flexibility index (Phi) is 4.12. The van der Waals surface area contributed by atoms with Gasteiger partial charge in [-0.25, -0.2) is 9.68 Å². The molecule has 6 rings (SSSR count). The smallest absolute Gasteiger partial charge is 0.416 e. The van der Waals surface area contributed by atoms with Gasteiger partial charge in [0.25, 0.3) is 0 Å². The van der Waals surface area contributed by atoms with E-state index >= 15 is 0 Å². The minimum Gasteiger partial charge on any atom is -0.454 e. The molecule has 4 aliphatic heterocycles. The summed E-state index contributed by atoms with van der Waals surface area (Å²) < 4.78 is 50.3. The molecule has 0 aliphatic carbocycles. The number of hydrogen-bond donors (Lipinski definition) is 0. The lowest BCUT2D eigenvalue weighted by molar-refractivity contribution is -0.523. The number of rotatable bonds is 2. The zero-order chi connectivity index (χ0) is 21.1. The number of carbonyl (C=O) groups excluding carboxylic acids is 1. The molecule has 4 aliphatic rings. The van der Waals surface area contributed by atoms with Gasteiger partial charge in [-0.3, -0.25) is 0 Å². The van der Waals surface area contributed by atoms with Crippen LogP contribution in [0.2, 0.25) is 0 Å². The largest absolute Gasteiger partial charge is 0.454 e. The molecule has 0 radical (unpaired) electrons. The van der Waals surface area contributed by atoms with E-state index in [1.54, 1.807) is 13.0 Å². The Balaban J connectivity index is 1.49. The van der Waals surface area contributed by atoms with Crippen LogP contribution in [-0.2, 0) is 30.2 Å². The molecule has 2 saturated heterocycles. The van der Waals surface area contributed by atoms with Gasteiger partial charge >= 0.3 is 12.1 Å². The van der Waals surface area contributed by atoms with Crippen LogP contribution in [-0.4, -0.2) is 17.4 Å². The third-order valence-corrected chi connectivity index (χ3v) is 5.66. The average molecular weight is 418 g/mol. The first-order valence-corrected chi connectivity index (χ1v) is 9.41. The minimum absolute atomic E-state index is 0.0509. The summed E-state index contributed by atoms with van der Waals surface area (Å²) in [6.45, 7) is 1.75. The molecule has 0 amide bonds. The third-order valence-electron chi connectivity index (χ3n) is 5.66. The van der Waals surface area contributed by atoms with E-state index in [-0.39, 0.29) is 12.0 Å². The summed E-state index contributed by atoms with van der Waals surface area (Å²) >= 11 is 0. The summed E-state index contributed by atoms with van der Waals surface area (Å²) in [5.41, 5.74) is -0.349. The van der Waals surface area contributed by atoms with Gasteiger partial charge in [-0.05, 0) is 36.3 Å². The summed E-state index contributed by atoms with van der Waals surface area (Å²) in [4.78, 5) is 23.9. The van der Waals surface area contributed by atoms with Gasteiger partial charge in [0, 0.05) is 0 Å². The maximum atomic E-state index is 12.9. The predicted octanol–water partition coefficient (Wildman–Crippen LogP) is 4.81. The van der Waals surface area contributed by atoms with Gasteiger partial charge < -0.3 is 9.47 Å². The van der Waals surface area contributed by atoms with E-state index in [0.29, 0.717) is 5.56 Å². The zero-order valence-electron chi connectivity index (χ0n) is 15.8. The van der Waals surface area contributed by atoms with Crippen molar-refractivity contribution in [3.8, 4) is 0 Å². The molecule has 2 fully saturated rings. The summed E-state index contributed by atoms with van der Waals surface area (Å²) in [6, 6.07) is 13.9. The molecule has 8 heteroatoms. The van der Waals surface area contributed by atoms with E-state index in [1.165, 1.54) is 12.1 Å². The van der Waals surface area contributed by atoms with E-state index in [0.717, 1.165) is 17.7 Å². The second-order valence-electron chi connectivity index (χ2n) is 7.79. The van der Waals surface area contributed by atoms with E-state index in [2.05, 4.69) is 0 Å². The van der Waals surface area contributed by atoms with Crippen LogP contribution in [0.3, 0.4) is 0 Å². The van der Waals surface area contributed by atoms with Crippen LogP contribution in [0, 0.1) is 0 Å². The zero-order valence-corrected chi connectivity index (χ0v) is 15.8. The molecule has 5 nitrogen and oxygen atoms in total. The number of benzene rings is 2. The van der Waals surface area contributed by atoms with Crippen molar-refractivity contribution in [2.24, 2.45) is 0 Å². The van der Waals surface area contributed by atoms with Crippen LogP contribution in [0.15, 0.2) is 66.2 Å². The number of cyclic esters (lactones) is 1. The molecular formula is C22H17F3O5. The van der Waals surface area contributed by atoms with Crippen molar-refractivity contribution in [3.05, 3.63) is 82.9 Å². The van der Waals surface area contributed by atoms with Gasteiger partial charge in [-0.2, -0.15) is 18.1 Å². The fourth-order valence-electron chi connectivity index (χ4n) is 4.12. The predicted molar refractivity (Wildman–Crippen MR) is 96.6 cm³/mol. The summed E-state index contributed by atoms with van der Waals surface area (Å²) in [5.74, 6) is -2.15. The molecular weight excluding hydrogens is 401 g/mol. The van der Waals surface area contributed by atoms with Crippen LogP contribution in [0.25, 0.3) is 0 Å². The van der Waals surface area contributed by atoms with Gasteiger partial charge in [0.15, 0.2) is 5.60 Å². The molecule has 156 valence electrons. The van der Waals surface area contributed by atoms with Crippen LogP contribution < -0.4 is 0 Å². The van der Waals surface area contributed by atoms with Crippen molar-refractivity contribution in [2.75, 3.05) is 0 Å². The van der Waals surface area contributed by atoms with E-state index in [4.69, 9.17) is 19.2 Å². The maximum absolute atomic E-state index is 12.9. The Morgan fingerprint density at radius 2 is 1.67 bits per heavy atom. The Bertz CT molecular complexity index is 1020. The number of ether oxygens (including phenoxy) is 2. The fraction of sp³-hybridized carbons (Fsp3) is 0.318. The van der Waals surface area contributed by atoms with Crippen LogP contribution in [0.1, 0.15) is 42.2 Å². The van der Waals surface area contributed by atoms with Crippen molar-refractivity contribution in [1.82, 2.24) is 0 Å². The molecule has 1 spiro atoms. The first kappa shape index (κ1) is 19.3. The molecule has 4 heterocycles. The van der Waals surface area contributed by atoms with E-state index in [9.17, 15) is 18.0 Å². The van der Waals surface area contributed by atoms with Crippen molar-refractivity contribution < 1.29 is 37.2 Å². The quantitative estimate of drug-likeness (QED) is 0.518. The summed E-state index contributed by atoms with van der Waals surface area (Å²) in [5, 5.41) is 0. The number of carbonyl (C=O) groups is 1. The number of halogens is 3. The highest BCUT2D eigenvalue weighted by molar-refractivity contribution is 5.92. The van der Waals surface area contributed by atoms with Crippen LogP contribution in [0.4, 0.5) is 13.2 Å². The lowest BCUT2D eigenvalue weighted by atomic mass is 9.81. The molecule has 2 unspecified atom stereocenters. The van der Waals surface area contributed by atoms with Gasteiger partial charge in [0.1, 0.15) is 12.2 Å². The molecule has 30 heavy (non-hydrogen) atoms. The Labute approximate surface area is 169 Å². The molecule has 4 atom stereocenters. The fourth-order valence-corrected chi connectivity index (χ4v) is 4.12. The molecule has 0 N–H and O–H groups in total. The number of esters is 1. The maximum Gasteiger partial charge on any atom is 0.416 e. The Hall–Kier alpha value is -2.68. The topological polar surface area (TPSA) is 54.0 Å². The summed E-state index contributed by atoms with van der Waals surface area (Å²) in [7, 11) is 0. The number of fused-ring (bicyclic) bond motifs is 2. The van der Waals surface area contributed by atoms with Crippen LogP contribution >= 0.6 is 0 Å². The van der Waals surface area contributed by atoms with Gasteiger partial charge in [-0.1, -0.05) is 42.5 Å². The van der Waals surface area contributed by atoms with E-state index in [1.807, 2.05) is 30.3 Å². The number of hydrogen-bond acceptors (Lipinski definition) is 5. The van der Waals surface area contributed by atoms with Gasteiger partial charge in [-0.15, -0.1) is 0 Å². The first-order valence-electron chi connectivity index (χ1n) is 9.41. The Morgan fingerprint density at radius 3 is 2.33 bits per heavy atom. The molecule has 2 aromatic carbocycles. The molecule has 2 aromatic rings. The molecule has 0 saturated carbocycles. The summed E-state index contributed by atoms with van der Waals surface area (Å²) in [6.07, 6.45) is -4.12. The lowest BCUT2D eigenvalue weighted by Gasteiger charge is -2.54. The SMILES string of the molecule is C[C@]12C=C3C(=O)OC(c4ccc(C(F)(F)F)cc4)C[C@@]3(OO1)OC2c1ccccc1. The highest BCUT2D eigenvalue weighted by atomic mass is 19.4. The minimum atomic E-state index is -4.45. The normalized spacial score (nSPS) is 32.9. The van der Waals surface area contributed by atoms with Crippen molar-refractivity contribution in [2.45, 2.75) is 43.1 Å². The van der Waals surface area contributed by atoms with E-state index < -0.39 is 41.3 Å². The second kappa shape index (κ2) is 6.41. The van der Waals surface area contributed by atoms with Gasteiger partial charge in [0.05, 0.1) is 17.6 Å². The van der Waals surface area contributed by atoms with Crippen molar-refractivity contribution in [3.63, 3.8) is 0 Å².